The van der Waals surface area contributed by atoms with Gasteiger partial charge in [-0.2, -0.15) is 0 Å². The van der Waals surface area contributed by atoms with E-state index in [2.05, 4.69) is 4.90 Å². The molecule has 0 aromatic heterocycles. The molecular weight excluding hydrogens is 146 g/mol. The summed E-state index contributed by atoms with van der Waals surface area (Å²) in [5, 5.41) is 0. The van der Waals surface area contributed by atoms with Gasteiger partial charge in [-0.15, -0.1) is 0 Å². The predicted octanol–water partition coefficient (Wildman–Crippen LogP) is 0.808. The maximum absolute atomic E-state index is 5.37. The average Bonchev–Trinajstić information content (AvgIpc) is 2.71. The molecule has 1 aliphatic heterocycles. The van der Waals surface area contributed by atoms with Gasteiger partial charge in [-0.1, -0.05) is 12.2 Å². The van der Waals surface area contributed by atoms with Crippen LogP contribution in [0.2, 0.25) is 0 Å². The summed E-state index contributed by atoms with van der Waals surface area (Å²) in [5.41, 5.74) is 2.13. The van der Waals surface area contributed by atoms with Gasteiger partial charge in [-0.05, 0) is 12.8 Å². The van der Waals surface area contributed by atoms with Gasteiger partial charge in [-0.25, -0.2) is 0 Å². The van der Waals surface area contributed by atoms with Crippen molar-refractivity contribution in [3.8, 4) is 0 Å². The number of ether oxygens (including phenoxy) is 1. The molecule has 1 aliphatic carbocycles. The first-order valence-corrected chi connectivity index (χ1v) is 4.14. The highest BCUT2D eigenvalue weighted by atomic mass is 32.1. The smallest absolute Gasteiger partial charge is 0.0699 e. The molecule has 56 valence electrons. The number of nitrogens with zero attached hydrogens (tertiary/aromatic N) is 1. The van der Waals surface area contributed by atoms with E-state index in [0.29, 0.717) is 5.54 Å². The van der Waals surface area contributed by atoms with Gasteiger partial charge >= 0.3 is 0 Å². The second-order valence-electron chi connectivity index (χ2n) is 3.08. The van der Waals surface area contributed by atoms with E-state index >= 15 is 0 Å². The number of hydrogen-bond acceptors (Lipinski definition) is 2. The highest BCUT2D eigenvalue weighted by Gasteiger charge is 2.48. The molecule has 3 heteroatoms. The lowest BCUT2D eigenvalue weighted by atomic mass is 10.2. The van der Waals surface area contributed by atoms with Crippen LogP contribution in [-0.2, 0) is 4.74 Å². The second kappa shape index (κ2) is 2.17. The van der Waals surface area contributed by atoms with Gasteiger partial charge in [0.05, 0.1) is 24.2 Å². The van der Waals surface area contributed by atoms with Gasteiger partial charge in [0.1, 0.15) is 0 Å². The van der Waals surface area contributed by atoms with E-state index in [1.165, 1.54) is 12.8 Å². The Kier molecular flexibility index (Phi) is 1.42. The molecule has 0 radical (unpaired) electrons. The fraction of sp³-hybridized carbons (Fsp3) is 0.857. The minimum Gasteiger partial charge on any atom is -0.377 e. The van der Waals surface area contributed by atoms with Gasteiger partial charge in [0.15, 0.2) is 0 Å². The maximum atomic E-state index is 5.37. The zero-order valence-electron chi connectivity index (χ0n) is 5.88. The standard InChI is InChI=1S/C7H11NOS/c10-6-8-3-4-9-5-7(8)1-2-7/h6H,1-5H2. The molecule has 0 aromatic carbocycles. The van der Waals surface area contributed by atoms with Crippen molar-refractivity contribution in [2.75, 3.05) is 19.8 Å². The Morgan fingerprint density at radius 1 is 1.50 bits per heavy atom. The molecule has 2 rings (SSSR count). The Morgan fingerprint density at radius 3 is 2.80 bits per heavy atom. The zero-order valence-corrected chi connectivity index (χ0v) is 6.69. The lowest BCUT2D eigenvalue weighted by Crippen LogP contribution is -2.46. The quantitative estimate of drug-likeness (QED) is 0.523. The Morgan fingerprint density at radius 2 is 2.30 bits per heavy atom. The predicted molar refractivity (Wildman–Crippen MR) is 43.1 cm³/mol. The van der Waals surface area contributed by atoms with Crippen LogP contribution in [0, 0.1) is 0 Å². The first-order valence-electron chi connectivity index (χ1n) is 3.67. The van der Waals surface area contributed by atoms with Crippen LogP contribution in [0.5, 0.6) is 0 Å². The third-order valence-corrected chi connectivity index (χ3v) is 2.67. The molecule has 1 saturated carbocycles. The monoisotopic (exact) mass is 157 g/mol. The van der Waals surface area contributed by atoms with E-state index in [4.69, 9.17) is 17.0 Å². The third-order valence-electron chi connectivity index (χ3n) is 2.41. The summed E-state index contributed by atoms with van der Waals surface area (Å²) < 4.78 is 5.37. The number of hydrogen-bond donors (Lipinski definition) is 0. The van der Waals surface area contributed by atoms with Crippen LogP contribution >= 0.6 is 12.2 Å². The van der Waals surface area contributed by atoms with Crippen molar-refractivity contribution in [2.45, 2.75) is 18.4 Å². The maximum Gasteiger partial charge on any atom is 0.0699 e. The molecular formula is C7H11NOS. The number of morpholine rings is 1. The van der Waals surface area contributed by atoms with Gasteiger partial charge in [0.25, 0.3) is 0 Å². The van der Waals surface area contributed by atoms with E-state index in [0.717, 1.165) is 19.8 Å². The first kappa shape index (κ1) is 6.55. The molecule has 0 bridgehead atoms. The van der Waals surface area contributed by atoms with Gasteiger partial charge in [0, 0.05) is 6.54 Å². The number of rotatable bonds is 1. The minimum absolute atomic E-state index is 0.347. The Hall–Kier alpha value is -0.150. The summed E-state index contributed by atoms with van der Waals surface area (Å²) in [6.07, 6.45) is 2.53. The van der Waals surface area contributed by atoms with Crippen LogP contribution in [0.1, 0.15) is 12.8 Å². The van der Waals surface area contributed by atoms with Crippen LogP contribution in [0.25, 0.3) is 0 Å². The summed E-state index contributed by atoms with van der Waals surface area (Å²) in [4.78, 5) is 2.26. The second-order valence-corrected chi connectivity index (χ2v) is 3.29. The van der Waals surface area contributed by atoms with Gasteiger partial charge in [0.2, 0.25) is 0 Å². The minimum atomic E-state index is 0.347. The summed E-state index contributed by atoms with van der Waals surface area (Å²) in [7, 11) is 0. The van der Waals surface area contributed by atoms with Crippen molar-refractivity contribution in [2.24, 2.45) is 0 Å². The molecule has 2 nitrogen and oxygen atoms in total. The highest BCUT2D eigenvalue weighted by Crippen LogP contribution is 2.42. The molecule has 1 saturated heterocycles. The SMILES string of the molecule is S=CN1CCOCC12CC2. The van der Waals surface area contributed by atoms with E-state index in [-0.39, 0.29) is 0 Å². The van der Waals surface area contributed by atoms with E-state index < -0.39 is 0 Å². The molecule has 2 aliphatic rings. The van der Waals surface area contributed by atoms with Crippen molar-refractivity contribution < 1.29 is 4.74 Å². The van der Waals surface area contributed by atoms with Crippen molar-refractivity contribution >= 4 is 17.7 Å². The Bertz CT molecular complexity index is 156. The van der Waals surface area contributed by atoms with Gasteiger partial charge < -0.3 is 9.64 Å². The lowest BCUT2D eigenvalue weighted by molar-refractivity contribution is 0.0182. The molecule has 0 N–H and O–H groups in total. The van der Waals surface area contributed by atoms with Gasteiger partial charge in [-0.3, -0.25) is 0 Å². The van der Waals surface area contributed by atoms with E-state index in [9.17, 15) is 0 Å². The number of thiocarbonyl (C=S) groups is 1. The van der Waals surface area contributed by atoms with Crippen molar-refractivity contribution in [3.63, 3.8) is 0 Å². The molecule has 10 heavy (non-hydrogen) atoms. The third kappa shape index (κ3) is 0.847. The molecule has 0 aromatic rings. The topological polar surface area (TPSA) is 12.5 Å². The van der Waals surface area contributed by atoms with Crippen LogP contribution in [0.15, 0.2) is 0 Å². The van der Waals surface area contributed by atoms with E-state index in [1.807, 2.05) is 0 Å². The van der Waals surface area contributed by atoms with Crippen molar-refractivity contribution in [3.05, 3.63) is 0 Å². The zero-order chi connectivity index (χ0) is 7.03. The Balaban J connectivity index is 2.07. The Labute approximate surface area is 66.1 Å². The summed E-state index contributed by atoms with van der Waals surface area (Å²) in [6.45, 7) is 2.72. The van der Waals surface area contributed by atoms with Crippen LogP contribution < -0.4 is 0 Å². The van der Waals surface area contributed by atoms with Crippen LogP contribution in [0.4, 0.5) is 0 Å². The van der Waals surface area contributed by atoms with Crippen LogP contribution in [-0.4, -0.2) is 35.7 Å². The molecule has 0 unspecified atom stereocenters. The normalized spacial score (nSPS) is 28.6. The largest absolute Gasteiger partial charge is 0.377 e. The lowest BCUT2D eigenvalue weighted by Gasteiger charge is -2.34. The molecule has 0 atom stereocenters. The molecule has 2 fully saturated rings. The summed E-state index contributed by atoms with van der Waals surface area (Å²) >= 11 is 4.91. The fourth-order valence-electron chi connectivity index (χ4n) is 1.49. The van der Waals surface area contributed by atoms with E-state index in [1.54, 1.807) is 5.49 Å². The van der Waals surface area contributed by atoms with Crippen molar-refractivity contribution in [1.29, 1.82) is 0 Å². The molecule has 1 heterocycles. The van der Waals surface area contributed by atoms with Crippen LogP contribution in [0.3, 0.4) is 0 Å². The highest BCUT2D eigenvalue weighted by molar-refractivity contribution is 7.78. The summed E-state index contributed by atoms with van der Waals surface area (Å²) in [5.74, 6) is 0. The fourth-order valence-corrected chi connectivity index (χ4v) is 1.81. The average molecular weight is 157 g/mol. The molecule has 1 spiro atoms. The summed E-state index contributed by atoms with van der Waals surface area (Å²) in [6, 6.07) is 0. The molecule has 0 amide bonds. The first-order chi connectivity index (χ1) is 4.87. The van der Waals surface area contributed by atoms with Crippen molar-refractivity contribution in [1.82, 2.24) is 4.90 Å².